The van der Waals surface area contributed by atoms with Gasteiger partial charge >= 0.3 is 5.97 Å². The molecule has 0 bridgehead atoms. The number of ether oxygens (including phenoxy) is 4. The quantitative estimate of drug-likeness (QED) is 0.162. The Bertz CT molecular complexity index is 1270. The molecule has 3 aromatic rings. The zero-order chi connectivity index (χ0) is 29.1. The summed E-state index contributed by atoms with van der Waals surface area (Å²) < 4.78 is 25.0. The van der Waals surface area contributed by atoms with Crippen LogP contribution >= 0.6 is 11.8 Å². The first-order chi connectivity index (χ1) is 20.6. The summed E-state index contributed by atoms with van der Waals surface area (Å²) in [4.78, 5) is 10.8. The summed E-state index contributed by atoms with van der Waals surface area (Å²) in [6.07, 6.45) is 7.34. The highest BCUT2D eigenvalue weighted by molar-refractivity contribution is 7.99. The lowest BCUT2D eigenvalue weighted by Gasteiger charge is -2.28. The second-order valence-corrected chi connectivity index (χ2v) is 12.2. The molecular formula is C33H42N2O6S. The van der Waals surface area contributed by atoms with Crippen molar-refractivity contribution in [1.29, 1.82) is 0 Å². The maximum Gasteiger partial charge on any atom is 0.329 e. The van der Waals surface area contributed by atoms with Gasteiger partial charge in [0.2, 0.25) is 0 Å². The monoisotopic (exact) mass is 594 g/mol. The largest absolute Gasteiger partial charge is 0.497 e. The van der Waals surface area contributed by atoms with Gasteiger partial charge in [0.05, 0.1) is 26.0 Å². The van der Waals surface area contributed by atoms with E-state index in [4.69, 9.17) is 29.2 Å². The van der Waals surface area contributed by atoms with Gasteiger partial charge < -0.3 is 24.1 Å². The van der Waals surface area contributed by atoms with Gasteiger partial charge in [0.15, 0.2) is 6.29 Å². The van der Waals surface area contributed by atoms with Crippen LogP contribution in [-0.4, -0.2) is 66.4 Å². The molecule has 2 aliphatic rings. The molecule has 1 atom stereocenters. The number of methoxy groups -OCH3 is 1. The van der Waals surface area contributed by atoms with E-state index in [1.807, 2.05) is 18.2 Å². The number of nitrogens with zero attached hydrogens (tertiary/aromatic N) is 2. The number of aliphatic carboxylic acids is 1. The molecule has 0 radical (unpaired) electrons. The molecule has 9 heteroatoms. The van der Waals surface area contributed by atoms with E-state index in [1.165, 1.54) is 0 Å². The van der Waals surface area contributed by atoms with E-state index >= 15 is 0 Å². The number of rotatable bonds is 14. The zero-order valence-corrected chi connectivity index (χ0v) is 25.2. The number of benzene rings is 2. The first-order valence-electron chi connectivity index (χ1n) is 15.1. The number of aromatic nitrogens is 2. The number of carboxylic acid groups (broad SMARTS) is 1. The first kappa shape index (κ1) is 30.6. The van der Waals surface area contributed by atoms with Crippen molar-refractivity contribution in [3.05, 3.63) is 54.6 Å². The summed E-state index contributed by atoms with van der Waals surface area (Å²) >= 11 is 1.73. The van der Waals surface area contributed by atoms with Crippen LogP contribution in [-0.2, 0) is 25.5 Å². The molecule has 226 valence electrons. The van der Waals surface area contributed by atoms with E-state index in [1.54, 1.807) is 18.9 Å². The molecule has 1 aliphatic heterocycles. The average molecular weight is 595 g/mol. The summed E-state index contributed by atoms with van der Waals surface area (Å²) in [7, 11) is 1.70. The van der Waals surface area contributed by atoms with Crippen molar-refractivity contribution in [3.8, 4) is 28.1 Å². The van der Waals surface area contributed by atoms with Crippen LogP contribution in [0.25, 0.3) is 22.4 Å². The third-order valence-corrected chi connectivity index (χ3v) is 9.00. The standard InChI is InChI=1S/C33H42N2O6S/c1-38-28-11-7-10-27(20-28)31-32(26-8-3-2-4-9-26)35(21-24-13-15-25(16-14-24)22-39-23-29(36)37)34-33(31)42-19-18-41-30-12-5-6-17-40-30/h2-4,7-11,20,24-25,30H,5-6,12-19,21-23H2,1H3,(H,36,37)/t24-,25+,30?. The van der Waals surface area contributed by atoms with Gasteiger partial charge in [-0.2, -0.15) is 5.10 Å². The molecule has 5 rings (SSSR count). The smallest absolute Gasteiger partial charge is 0.329 e. The molecule has 1 unspecified atom stereocenters. The predicted octanol–water partition coefficient (Wildman–Crippen LogP) is 6.77. The minimum atomic E-state index is -0.912. The van der Waals surface area contributed by atoms with E-state index in [0.29, 0.717) is 25.0 Å². The van der Waals surface area contributed by atoms with Crippen LogP contribution in [0.4, 0.5) is 0 Å². The molecular weight excluding hydrogens is 552 g/mol. The van der Waals surface area contributed by atoms with Crippen LogP contribution in [0.3, 0.4) is 0 Å². The molecule has 1 saturated heterocycles. The van der Waals surface area contributed by atoms with Crippen LogP contribution < -0.4 is 4.74 Å². The molecule has 0 spiro atoms. The summed E-state index contributed by atoms with van der Waals surface area (Å²) in [5.74, 6) is 1.59. The molecule has 1 saturated carbocycles. The topological polar surface area (TPSA) is 92.0 Å². The second-order valence-electron chi connectivity index (χ2n) is 11.1. The Hall–Kier alpha value is -2.85. The summed E-state index contributed by atoms with van der Waals surface area (Å²) in [6.45, 7) is 2.51. The number of hydrogen-bond acceptors (Lipinski definition) is 7. The molecule has 1 aliphatic carbocycles. The zero-order valence-electron chi connectivity index (χ0n) is 24.4. The van der Waals surface area contributed by atoms with Crippen molar-refractivity contribution in [2.75, 3.05) is 39.3 Å². The highest BCUT2D eigenvalue weighted by Crippen LogP contribution is 2.42. The second kappa shape index (κ2) is 15.6. The molecule has 2 aromatic carbocycles. The summed E-state index contributed by atoms with van der Waals surface area (Å²) in [6, 6.07) is 18.7. The number of carbonyl (C=O) groups is 1. The Kier molecular flexibility index (Phi) is 11.3. The first-order valence-corrected chi connectivity index (χ1v) is 16.1. The minimum Gasteiger partial charge on any atom is -0.497 e. The van der Waals surface area contributed by atoms with Gasteiger partial charge in [-0.25, -0.2) is 4.79 Å². The van der Waals surface area contributed by atoms with Gasteiger partial charge in [0, 0.05) is 30.0 Å². The Morgan fingerprint density at radius 3 is 2.55 bits per heavy atom. The fourth-order valence-corrected chi connectivity index (χ4v) is 6.79. The molecule has 1 N–H and O–H groups in total. The normalized spacial score (nSPS) is 20.8. The fraction of sp³-hybridized carbons (Fsp3) is 0.515. The van der Waals surface area contributed by atoms with Gasteiger partial charge in [-0.15, -0.1) is 11.8 Å². The van der Waals surface area contributed by atoms with E-state index < -0.39 is 5.97 Å². The van der Waals surface area contributed by atoms with E-state index in [0.717, 1.165) is 97.0 Å². The van der Waals surface area contributed by atoms with Crippen LogP contribution in [0, 0.1) is 11.8 Å². The van der Waals surface area contributed by atoms with Crippen LogP contribution in [0.1, 0.15) is 44.9 Å². The third-order valence-electron chi connectivity index (χ3n) is 8.07. The highest BCUT2D eigenvalue weighted by atomic mass is 32.2. The summed E-state index contributed by atoms with van der Waals surface area (Å²) in [5, 5.41) is 15.1. The third kappa shape index (κ3) is 8.37. The number of hydrogen-bond donors (Lipinski definition) is 1. The lowest BCUT2D eigenvalue weighted by molar-refractivity contribution is -0.158. The van der Waals surface area contributed by atoms with Gasteiger partial charge in [0.25, 0.3) is 0 Å². The maximum absolute atomic E-state index is 10.8. The Balaban J connectivity index is 1.38. The van der Waals surface area contributed by atoms with Crippen LogP contribution in [0.15, 0.2) is 59.6 Å². The van der Waals surface area contributed by atoms with Gasteiger partial charge in [-0.1, -0.05) is 42.5 Å². The van der Waals surface area contributed by atoms with Crippen LogP contribution in [0.5, 0.6) is 5.75 Å². The lowest BCUT2D eigenvalue weighted by atomic mass is 9.82. The van der Waals surface area contributed by atoms with Crippen molar-refractivity contribution in [1.82, 2.24) is 9.78 Å². The molecule has 42 heavy (non-hydrogen) atoms. The number of carboxylic acids is 1. The average Bonchev–Trinajstić information content (AvgIpc) is 3.38. The summed E-state index contributed by atoms with van der Waals surface area (Å²) in [5.41, 5.74) is 4.46. The molecule has 1 aromatic heterocycles. The van der Waals surface area contributed by atoms with E-state index in [2.05, 4.69) is 41.1 Å². The van der Waals surface area contributed by atoms with Crippen molar-refractivity contribution >= 4 is 17.7 Å². The Morgan fingerprint density at radius 2 is 1.81 bits per heavy atom. The minimum absolute atomic E-state index is 0.0979. The highest BCUT2D eigenvalue weighted by Gasteiger charge is 2.27. The van der Waals surface area contributed by atoms with Gasteiger partial charge in [0.1, 0.15) is 17.4 Å². The van der Waals surface area contributed by atoms with Crippen molar-refractivity contribution < 1.29 is 28.8 Å². The van der Waals surface area contributed by atoms with E-state index in [9.17, 15) is 4.79 Å². The van der Waals surface area contributed by atoms with Gasteiger partial charge in [-0.05, 0) is 74.5 Å². The maximum atomic E-state index is 10.8. The van der Waals surface area contributed by atoms with E-state index in [-0.39, 0.29) is 12.9 Å². The molecule has 2 fully saturated rings. The Labute approximate surface area is 252 Å². The molecule has 8 nitrogen and oxygen atoms in total. The predicted molar refractivity (Wildman–Crippen MR) is 164 cm³/mol. The fourth-order valence-electron chi connectivity index (χ4n) is 5.90. The van der Waals surface area contributed by atoms with Gasteiger partial charge in [-0.3, -0.25) is 4.68 Å². The van der Waals surface area contributed by atoms with Crippen molar-refractivity contribution in [2.24, 2.45) is 11.8 Å². The SMILES string of the molecule is COc1cccc(-c2c(SCCOC3CCCCO3)nn(C[C@H]3CC[C@@H](COCC(=O)O)CC3)c2-c2ccccc2)c1. The Morgan fingerprint density at radius 1 is 1.02 bits per heavy atom. The van der Waals surface area contributed by atoms with Crippen molar-refractivity contribution in [3.63, 3.8) is 0 Å². The number of thioether (sulfide) groups is 1. The molecule has 0 amide bonds. The van der Waals surface area contributed by atoms with Crippen molar-refractivity contribution in [2.45, 2.75) is 62.8 Å². The lowest BCUT2D eigenvalue weighted by Crippen LogP contribution is -2.23. The molecule has 2 heterocycles. The van der Waals surface area contributed by atoms with Crippen LogP contribution in [0.2, 0.25) is 0 Å².